The third kappa shape index (κ3) is 6.86. The summed E-state index contributed by atoms with van der Waals surface area (Å²) in [5.41, 5.74) is -0.517. The number of rotatable bonds is 4. The van der Waals surface area contributed by atoms with E-state index in [1.54, 1.807) is 6.07 Å². The third-order valence-corrected chi connectivity index (χ3v) is 2.97. The fourth-order valence-corrected chi connectivity index (χ4v) is 1.98. The van der Waals surface area contributed by atoms with Crippen LogP contribution < -0.4 is 10.6 Å². The minimum atomic E-state index is -4.38. The lowest BCUT2D eigenvalue weighted by molar-refractivity contribution is -0.138. The van der Waals surface area contributed by atoms with Crippen LogP contribution in [0.25, 0.3) is 0 Å². The Balaban J connectivity index is 0.00000400. The van der Waals surface area contributed by atoms with Gasteiger partial charge in [-0.1, -0.05) is 22.0 Å². The molecule has 0 atom stereocenters. The third-order valence-electron chi connectivity index (χ3n) is 2.47. The van der Waals surface area contributed by atoms with Crippen molar-refractivity contribution >= 4 is 45.9 Å². The summed E-state index contributed by atoms with van der Waals surface area (Å²) in [4.78, 5) is 4.16. The van der Waals surface area contributed by atoms with Gasteiger partial charge in [-0.25, -0.2) is 4.99 Å². The van der Waals surface area contributed by atoms with E-state index in [1.165, 1.54) is 6.07 Å². The van der Waals surface area contributed by atoms with Crippen molar-refractivity contribution in [3.8, 4) is 0 Å². The first-order chi connectivity index (χ1) is 9.38. The van der Waals surface area contributed by atoms with Gasteiger partial charge in [0.25, 0.3) is 0 Å². The van der Waals surface area contributed by atoms with Crippen molar-refractivity contribution in [2.24, 2.45) is 4.99 Å². The molecule has 0 aliphatic carbocycles. The lowest BCUT2D eigenvalue weighted by atomic mass is 10.1. The van der Waals surface area contributed by atoms with Crippen LogP contribution in [0.4, 0.5) is 13.2 Å². The number of halogens is 5. The summed E-state index contributed by atoms with van der Waals surface area (Å²) in [6.07, 6.45) is -4.38. The predicted molar refractivity (Wildman–Crippen MR) is 93.1 cm³/mol. The maximum atomic E-state index is 12.9. The van der Waals surface area contributed by atoms with Gasteiger partial charge in [0.05, 0.1) is 12.1 Å². The van der Waals surface area contributed by atoms with E-state index in [2.05, 4.69) is 31.6 Å². The zero-order valence-corrected chi connectivity index (χ0v) is 15.6. The zero-order valence-electron chi connectivity index (χ0n) is 11.7. The maximum Gasteiger partial charge on any atom is 0.416 e. The van der Waals surface area contributed by atoms with Gasteiger partial charge in [-0.2, -0.15) is 13.2 Å². The zero-order chi connectivity index (χ0) is 15.2. The van der Waals surface area contributed by atoms with Crippen LogP contribution in [0.15, 0.2) is 27.7 Å². The number of hydrogen-bond acceptors (Lipinski definition) is 1. The summed E-state index contributed by atoms with van der Waals surface area (Å²) in [7, 11) is 0. The first kappa shape index (κ1) is 20.5. The molecule has 0 spiro atoms. The fourth-order valence-electron chi connectivity index (χ4n) is 1.62. The Bertz CT molecular complexity index is 470. The van der Waals surface area contributed by atoms with Crippen LogP contribution in [-0.2, 0) is 12.7 Å². The molecule has 1 aromatic rings. The van der Waals surface area contributed by atoms with Gasteiger partial charge in [-0.3, -0.25) is 0 Å². The molecule has 0 unspecified atom stereocenters. The van der Waals surface area contributed by atoms with Crippen molar-refractivity contribution in [1.82, 2.24) is 10.6 Å². The predicted octanol–water partition coefficient (Wildman–Crippen LogP) is 4.16. The summed E-state index contributed by atoms with van der Waals surface area (Å²) in [6.45, 7) is 5.06. The Morgan fingerprint density at radius 3 is 2.24 bits per heavy atom. The Hall–Kier alpha value is -0.510. The molecule has 0 bridgehead atoms. The van der Waals surface area contributed by atoms with Gasteiger partial charge in [0, 0.05) is 17.6 Å². The largest absolute Gasteiger partial charge is 0.416 e. The molecule has 3 nitrogen and oxygen atoms in total. The molecule has 0 aliphatic rings. The summed E-state index contributed by atoms with van der Waals surface area (Å²) in [5.74, 6) is 0.506. The monoisotopic (exact) mass is 479 g/mol. The highest BCUT2D eigenvalue weighted by molar-refractivity contribution is 14.0. The quantitative estimate of drug-likeness (QED) is 0.386. The molecule has 0 amide bonds. The number of hydrogen-bond donors (Lipinski definition) is 2. The summed E-state index contributed by atoms with van der Waals surface area (Å²) >= 11 is 3.06. The molecule has 1 aromatic carbocycles. The number of nitrogens with zero attached hydrogens (tertiary/aromatic N) is 1. The van der Waals surface area contributed by atoms with Gasteiger partial charge in [0.15, 0.2) is 5.96 Å². The SMILES string of the molecule is CCNC(=NCc1ccc(Br)cc1C(F)(F)F)NCC.I. The molecule has 0 aliphatic heterocycles. The van der Waals surface area contributed by atoms with Gasteiger partial charge in [-0.05, 0) is 31.5 Å². The smallest absolute Gasteiger partial charge is 0.357 e. The van der Waals surface area contributed by atoms with E-state index in [1.807, 2.05) is 13.8 Å². The van der Waals surface area contributed by atoms with E-state index in [0.29, 0.717) is 23.5 Å². The average molecular weight is 480 g/mol. The summed E-state index contributed by atoms with van der Waals surface area (Å²) in [5, 5.41) is 5.94. The lowest BCUT2D eigenvalue weighted by Crippen LogP contribution is -2.37. The van der Waals surface area contributed by atoms with Crippen LogP contribution in [-0.4, -0.2) is 19.0 Å². The molecule has 0 heterocycles. The van der Waals surface area contributed by atoms with E-state index < -0.39 is 11.7 Å². The van der Waals surface area contributed by atoms with E-state index in [-0.39, 0.29) is 36.1 Å². The van der Waals surface area contributed by atoms with Crippen molar-refractivity contribution in [3.05, 3.63) is 33.8 Å². The molecule has 0 saturated heterocycles. The van der Waals surface area contributed by atoms with Crippen LogP contribution in [0.1, 0.15) is 25.0 Å². The number of guanidine groups is 1. The molecule has 8 heteroatoms. The van der Waals surface area contributed by atoms with Crippen LogP contribution in [0.5, 0.6) is 0 Å². The molecular formula is C13H18BrF3IN3. The summed E-state index contributed by atoms with van der Waals surface area (Å²) in [6, 6.07) is 4.09. The standard InChI is InChI=1S/C13H17BrF3N3.HI/c1-3-18-12(19-4-2)20-8-9-5-6-10(14)7-11(9)13(15,16)17;/h5-7H,3-4,8H2,1-2H3,(H2,18,19,20);1H. The Labute approximate surface area is 147 Å². The van der Waals surface area contributed by atoms with Crippen LogP contribution in [0, 0.1) is 0 Å². The highest BCUT2D eigenvalue weighted by atomic mass is 127. The minimum absolute atomic E-state index is 0. The fraction of sp³-hybridized carbons (Fsp3) is 0.462. The Morgan fingerprint density at radius 2 is 1.76 bits per heavy atom. The second-order valence-electron chi connectivity index (χ2n) is 4.02. The number of benzene rings is 1. The van der Waals surface area contributed by atoms with Crippen LogP contribution in [0.3, 0.4) is 0 Å². The van der Waals surface area contributed by atoms with E-state index in [9.17, 15) is 13.2 Å². The van der Waals surface area contributed by atoms with Crippen molar-refractivity contribution < 1.29 is 13.2 Å². The summed E-state index contributed by atoms with van der Waals surface area (Å²) < 4.78 is 39.2. The number of nitrogens with one attached hydrogen (secondary N) is 2. The highest BCUT2D eigenvalue weighted by Crippen LogP contribution is 2.34. The topological polar surface area (TPSA) is 36.4 Å². The van der Waals surface area contributed by atoms with Gasteiger partial charge < -0.3 is 10.6 Å². The lowest BCUT2D eigenvalue weighted by Gasteiger charge is -2.13. The van der Waals surface area contributed by atoms with Gasteiger partial charge in [-0.15, -0.1) is 24.0 Å². The molecular weight excluding hydrogens is 462 g/mol. The number of aliphatic imine (C=N–C) groups is 1. The molecule has 1 rings (SSSR count). The molecule has 0 aromatic heterocycles. The second kappa shape index (κ2) is 9.50. The van der Waals surface area contributed by atoms with Crippen molar-refractivity contribution in [2.75, 3.05) is 13.1 Å². The molecule has 0 saturated carbocycles. The Morgan fingerprint density at radius 1 is 1.19 bits per heavy atom. The van der Waals surface area contributed by atoms with Crippen LogP contribution in [0.2, 0.25) is 0 Å². The highest BCUT2D eigenvalue weighted by Gasteiger charge is 2.33. The van der Waals surface area contributed by atoms with Gasteiger partial charge >= 0.3 is 6.18 Å². The van der Waals surface area contributed by atoms with E-state index in [0.717, 1.165) is 6.07 Å². The minimum Gasteiger partial charge on any atom is -0.357 e. The van der Waals surface area contributed by atoms with E-state index >= 15 is 0 Å². The van der Waals surface area contributed by atoms with Gasteiger partial charge in [0.1, 0.15) is 0 Å². The average Bonchev–Trinajstić information content (AvgIpc) is 2.36. The second-order valence-corrected chi connectivity index (χ2v) is 4.94. The molecule has 21 heavy (non-hydrogen) atoms. The molecule has 2 N–H and O–H groups in total. The molecule has 0 radical (unpaired) electrons. The number of alkyl halides is 3. The molecule has 0 fully saturated rings. The Kier molecular flexibility index (Phi) is 9.26. The first-order valence-corrected chi connectivity index (χ1v) is 7.05. The maximum absolute atomic E-state index is 12.9. The molecule has 120 valence electrons. The van der Waals surface area contributed by atoms with Crippen molar-refractivity contribution in [1.29, 1.82) is 0 Å². The van der Waals surface area contributed by atoms with Gasteiger partial charge in [0.2, 0.25) is 0 Å². The van der Waals surface area contributed by atoms with Crippen molar-refractivity contribution in [2.45, 2.75) is 26.6 Å². The van der Waals surface area contributed by atoms with E-state index in [4.69, 9.17) is 0 Å². The normalized spacial score (nSPS) is 10.6. The van der Waals surface area contributed by atoms with Crippen LogP contribution >= 0.6 is 39.9 Å². The first-order valence-electron chi connectivity index (χ1n) is 6.26. The van der Waals surface area contributed by atoms with Crippen molar-refractivity contribution in [3.63, 3.8) is 0 Å².